The predicted molar refractivity (Wildman–Crippen MR) is 80.8 cm³/mol. The molecule has 0 saturated carbocycles. The molecule has 0 fully saturated rings. The molecule has 0 aliphatic rings. The minimum Gasteiger partial charge on any atom is -0.409 e. The normalized spacial score (nSPS) is 12.3. The maximum atomic E-state index is 8.62. The smallest absolute Gasteiger partial charge is 0.188 e. The summed E-state index contributed by atoms with van der Waals surface area (Å²) in [5, 5.41) is 15.0. The Morgan fingerprint density at radius 3 is 2.95 bits per heavy atom. The van der Waals surface area contributed by atoms with E-state index in [0.29, 0.717) is 11.7 Å². The molecule has 4 N–H and O–H groups in total. The first-order valence-electron chi connectivity index (χ1n) is 6.88. The quantitative estimate of drug-likeness (QED) is 0.217. The van der Waals surface area contributed by atoms with Crippen LogP contribution in [0.15, 0.2) is 23.5 Å². The fraction of sp³-hybridized carbons (Fsp3) is 0.571. The van der Waals surface area contributed by atoms with Gasteiger partial charge in [-0.15, -0.1) is 0 Å². The number of hydrogen-bond acceptors (Lipinski definition) is 5. The number of oxime groups is 1. The van der Waals surface area contributed by atoms with Crippen molar-refractivity contribution >= 4 is 5.84 Å². The zero-order valence-electron chi connectivity index (χ0n) is 12.5. The fourth-order valence-electron chi connectivity index (χ4n) is 1.72. The lowest BCUT2D eigenvalue weighted by Gasteiger charge is -2.20. The Balaban J connectivity index is 2.32. The summed E-state index contributed by atoms with van der Waals surface area (Å²) in [6.07, 6.45) is 2.77. The Kier molecular flexibility index (Phi) is 6.97. The van der Waals surface area contributed by atoms with Gasteiger partial charge in [-0.05, 0) is 58.1 Å². The Morgan fingerprint density at radius 1 is 1.55 bits per heavy atom. The largest absolute Gasteiger partial charge is 0.409 e. The third kappa shape index (κ3) is 5.54. The molecule has 0 aliphatic carbocycles. The van der Waals surface area contributed by atoms with Crippen molar-refractivity contribution in [3.63, 3.8) is 0 Å². The second kappa shape index (κ2) is 8.50. The topological polar surface area (TPSA) is 86.8 Å². The van der Waals surface area contributed by atoms with Crippen molar-refractivity contribution < 1.29 is 5.21 Å². The van der Waals surface area contributed by atoms with E-state index in [1.54, 1.807) is 6.20 Å². The molecule has 0 unspecified atom stereocenters. The molecule has 0 amide bonds. The highest BCUT2D eigenvalue weighted by Gasteiger charge is 2.03. The first-order chi connectivity index (χ1) is 9.54. The van der Waals surface area contributed by atoms with E-state index in [2.05, 4.69) is 41.3 Å². The van der Waals surface area contributed by atoms with Crippen LogP contribution in [-0.2, 0) is 6.54 Å². The van der Waals surface area contributed by atoms with E-state index in [4.69, 9.17) is 10.9 Å². The molecule has 0 aromatic carbocycles. The van der Waals surface area contributed by atoms with Gasteiger partial charge in [-0.1, -0.05) is 5.16 Å². The number of rotatable bonds is 8. The van der Waals surface area contributed by atoms with Crippen LogP contribution >= 0.6 is 0 Å². The number of hydrogen-bond donors (Lipinski definition) is 3. The summed E-state index contributed by atoms with van der Waals surface area (Å²) in [6.45, 7) is 7.17. The number of nitrogens with two attached hydrogens (primary N) is 1. The van der Waals surface area contributed by atoms with Crippen LogP contribution in [0.5, 0.6) is 0 Å². The number of nitrogens with zero attached hydrogens (tertiary/aromatic N) is 3. The van der Waals surface area contributed by atoms with Gasteiger partial charge in [0, 0.05) is 18.8 Å². The van der Waals surface area contributed by atoms with Crippen LogP contribution in [-0.4, -0.2) is 47.1 Å². The molecule has 1 heterocycles. The van der Waals surface area contributed by atoms with Crippen LogP contribution in [0.1, 0.15) is 31.5 Å². The van der Waals surface area contributed by atoms with Crippen LogP contribution in [0.4, 0.5) is 0 Å². The van der Waals surface area contributed by atoms with E-state index in [1.165, 1.54) is 0 Å². The SMILES string of the molecule is CC(C)N(C)CCCNCc1ccnc(/C(N)=N/O)c1. The second-order valence-electron chi connectivity index (χ2n) is 5.14. The van der Waals surface area contributed by atoms with Crippen molar-refractivity contribution in [3.05, 3.63) is 29.6 Å². The lowest BCUT2D eigenvalue weighted by Crippen LogP contribution is -2.29. The molecule has 20 heavy (non-hydrogen) atoms. The summed E-state index contributed by atoms with van der Waals surface area (Å²) in [5.41, 5.74) is 7.07. The van der Waals surface area contributed by atoms with Crippen LogP contribution < -0.4 is 11.1 Å². The van der Waals surface area contributed by atoms with Gasteiger partial charge in [0.1, 0.15) is 5.69 Å². The van der Waals surface area contributed by atoms with Crippen molar-refractivity contribution in [3.8, 4) is 0 Å². The Hall–Kier alpha value is -1.66. The Morgan fingerprint density at radius 2 is 2.30 bits per heavy atom. The van der Waals surface area contributed by atoms with Gasteiger partial charge in [0.05, 0.1) is 0 Å². The third-order valence-corrected chi connectivity index (χ3v) is 3.27. The predicted octanol–water partition coefficient (Wildman–Crippen LogP) is 0.996. The summed E-state index contributed by atoms with van der Waals surface area (Å²) in [7, 11) is 2.14. The van der Waals surface area contributed by atoms with E-state index < -0.39 is 0 Å². The molecular formula is C14H25N5O. The van der Waals surface area contributed by atoms with Gasteiger partial charge < -0.3 is 21.2 Å². The third-order valence-electron chi connectivity index (χ3n) is 3.27. The first kappa shape index (κ1) is 16.4. The molecule has 0 aliphatic heterocycles. The number of nitrogens with one attached hydrogen (secondary N) is 1. The van der Waals surface area contributed by atoms with Gasteiger partial charge in [0.25, 0.3) is 0 Å². The van der Waals surface area contributed by atoms with E-state index in [9.17, 15) is 0 Å². The lowest BCUT2D eigenvalue weighted by molar-refractivity contribution is 0.269. The summed E-state index contributed by atoms with van der Waals surface area (Å²) >= 11 is 0. The highest BCUT2D eigenvalue weighted by Crippen LogP contribution is 2.01. The number of aromatic nitrogens is 1. The minimum absolute atomic E-state index is 0.0328. The molecule has 0 radical (unpaired) electrons. The van der Waals surface area contributed by atoms with Gasteiger partial charge in [-0.2, -0.15) is 0 Å². The van der Waals surface area contributed by atoms with Crippen LogP contribution in [0.2, 0.25) is 0 Å². The molecule has 0 atom stereocenters. The number of amidine groups is 1. The molecule has 1 rings (SSSR count). The maximum absolute atomic E-state index is 8.62. The van der Waals surface area contributed by atoms with E-state index in [1.807, 2.05) is 12.1 Å². The van der Waals surface area contributed by atoms with Gasteiger partial charge in [-0.25, -0.2) is 0 Å². The summed E-state index contributed by atoms with van der Waals surface area (Å²) < 4.78 is 0. The van der Waals surface area contributed by atoms with Crippen molar-refractivity contribution in [1.82, 2.24) is 15.2 Å². The maximum Gasteiger partial charge on any atom is 0.188 e. The van der Waals surface area contributed by atoms with Crippen LogP contribution in [0.25, 0.3) is 0 Å². The fourth-order valence-corrected chi connectivity index (χ4v) is 1.72. The van der Waals surface area contributed by atoms with E-state index in [-0.39, 0.29) is 5.84 Å². The first-order valence-corrected chi connectivity index (χ1v) is 6.88. The summed E-state index contributed by atoms with van der Waals surface area (Å²) in [5.74, 6) is 0.0328. The number of pyridine rings is 1. The highest BCUT2D eigenvalue weighted by atomic mass is 16.4. The minimum atomic E-state index is 0.0328. The molecule has 0 spiro atoms. The average Bonchev–Trinajstić information content (AvgIpc) is 2.46. The van der Waals surface area contributed by atoms with Crippen molar-refractivity contribution in [2.75, 3.05) is 20.1 Å². The molecule has 6 nitrogen and oxygen atoms in total. The standard InChI is InChI=1S/C14H25N5O/c1-11(2)19(3)8-4-6-16-10-12-5-7-17-13(9-12)14(15)18-20/h5,7,9,11,16,20H,4,6,8,10H2,1-3H3,(H2,15,18). The van der Waals surface area contributed by atoms with Gasteiger partial charge in [0.2, 0.25) is 0 Å². The van der Waals surface area contributed by atoms with Gasteiger partial charge in [0.15, 0.2) is 5.84 Å². The van der Waals surface area contributed by atoms with Crippen LogP contribution in [0, 0.1) is 0 Å². The average molecular weight is 279 g/mol. The molecule has 1 aromatic rings. The molecule has 6 heteroatoms. The zero-order chi connectivity index (χ0) is 15.0. The summed E-state index contributed by atoms with van der Waals surface area (Å²) in [6, 6.07) is 4.32. The lowest BCUT2D eigenvalue weighted by atomic mass is 10.2. The Labute approximate surface area is 120 Å². The van der Waals surface area contributed by atoms with E-state index >= 15 is 0 Å². The Bertz CT molecular complexity index is 433. The van der Waals surface area contributed by atoms with E-state index in [0.717, 1.165) is 31.6 Å². The second-order valence-corrected chi connectivity index (χ2v) is 5.14. The van der Waals surface area contributed by atoms with Crippen molar-refractivity contribution in [2.24, 2.45) is 10.9 Å². The molecule has 0 bridgehead atoms. The molecular weight excluding hydrogens is 254 g/mol. The monoisotopic (exact) mass is 279 g/mol. The molecule has 0 saturated heterocycles. The summed E-state index contributed by atoms with van der Waals surface area (Å²) in [4.78, 5) is 6.37. The van der Waals surface area contributed by atoms with Crippen molar-refractivity contribution in [1.29, 1.82) is 0 Å². The van der Waals surface area contributed by atoms with Crippen molar-refractivity contribution in [2.45, 2.75) is 32.9 Å². The molecule has 112 valence electrons. The van der Waals surface area contributed by atoms with Gasteiger partial charge >= 0.3 is 0 Å². The zero-order valence-corrected chi connectivity index (χ0v) is 12.5. The highest BCUT2D eigenvalue weighted by molar-refractivity contribution is 5.95. The van der Waals surface area contributed by atoms with Crippen LogP contribution in [0.3, 0.4) is 0 Å². The molecule has 1 aromatic heterocycles. The van der Waals surface area contributed by atoms with Gasteiger partial charge in [-0.3, -0.25) is 4.98 Å².